The van der Waals surface area contributed by atoms with Crippen LogP contribution in [0, 0.1) is 12.7 Å². The number of imidazole rings is 1. The second-order valence-electron chi connectivity index (χ2n) is 4.51. The van der Waals surface area contributed by atoms with Crippen molar-refractivity contribution in [1.29, 1.82) is 0 Å². The highest BCUT2D eigenvalue weighted by molar-refractivity contribution is 5.91. The summed E-state index contributed by atoms with van der Waals surface area (Å²) in [4.78, 5) is 16.1. The number of H-pyrrole nitrogens is 1. The summed E-state index contributed by atoms with van der Waals surface area (Å²) >= 11 is 0. The number of hydrogen-bond donors (Lipinski definition) is 2. The van der Waals surface area contributed by atoms with E-state index in [1.165, 1.54) is 12.3 Å². The van der Waals surface area contributed by atoms with Crippen molar-refractivity contribution in [3.05, 3.63) is 47.8 Å². The number of rotatable bonds is 3. The minimum absolute atomic E-state index is 0.106. The quantitative estimate of drug-likeness (QED) is 0.762. The Morgan fingerprint density at radius 1 is 1.45 bits per heavy atom. The van der Waals surface area contributed by atoms with E-state index in [0.29, 0.717) is 17.2 Å². The molecule has 0 fully saturated rings. The van der Waals surface area contributed by atoms with Crippen LogP contribution in [0.2, 0.25) is 0 Å². The second-order valence-corrected chi connectivity index (χ2v) is 4.51. The molecule has 0 aromatic carbocycles. The van der Waals surface area contributed by atoms with E-state index in [4.69, 9.17) is 0 Å². The lowest BCUT2D eigenvalue weighted by Gasteiger charge is -1.98. The Bertz CT molecular complexity index is 776. The highest BCUT2D eigenvalue weighted by atomic mass is 19.1. The van der Waals surface area contributed by atoms with Gasteiger partial charge in [-0.3, -0.25) is 9.89 Å². The highest BCUT2D eigenvalue weighted by Crippen LogP contribution is 2.09. The first kappa shape index (κ1) is 12.3. The molecular formula is C13H12FN5O. The Balaban J connectivity index is 1.73. The molecule has 3 aromatic rings. The zero-order valence-electron chi connectivity index (χ0n) is 10.7. The normalized spacial score (nSPS) is 10.9. The van der Waals surface area contributed by atoms with Crippen LogP contribution in [0.1, 0.15) is 11.4 Å². The summed E-state index contributed by atoms with van der Waals surface area (Å²) in [5.74, 6) is -0.0967. The monoisotopic (exact) mass is 273 g/mol. The number of anilines is 1. The smallest absolute Gasteiger partial charge is 0.231 e. The third-order valence-electron chi connectivity index (χ3n) is 2.78. The minimum atomic E-state index is -0.349. The number of aromatic amines is 1. The van der Waals surface area contributed by atoms with E-state index in [2.05, 4.69) is 20.5 Å². The van der Waals surface area contributed by atoms with Crippen molar-refractivity contribution < 1.29 is 9.18 Å². The Morgan fingerprint density at radius 2 is 2.30 bits per heavy atom. The molecule has 3 aromatic heterocycles. The van der Waals surface area contributed by atoms with Gasteiger partial charge in [0.15, 0.2) is 5.82 Å². The SMILES string of the molecule is Cc1cc(NC(=O)Cc2cn3cc(F)ccc3n2)n[nH]1. The molecule has 0 bridgehead atoms. The molecule has 3 heterocycles. The summed E-state index contributed by atoms with van der Waals surface area (Å²) in [6.45, 7) is 1.85. The average Bonchev–Trinajstić information content (AvgIpc) is 2.94. The number of carbonyl (C=O) groups excluding carboxylic acids is 1. The van der Waals surface area contributed by atoms with Gasteiger partial charge >= 0.3 is 0 Å². The molecule has 102 valence electrons. The number of aromatic nitrogens is 4. The van der Waals surface area contributed by atoms with Gasteiger partial charge < -0.3 is 9.72 Å². The van der Waals surface area contributed by atoms with E-state index in [0.717, 1.165) is 5.69 Å². The summed E-state index contributed by atoms with van der Waals surface area (Å²) < 4.78 is 14.6. The van der Waals surface area contributed by atoms with Gasteiger partial charge in [0.2, 0.25) is 5.91 Å². The van der Waals surface area contributed by atoms with Crippen LogP contribution in [-0.4, -0.2) is 25.5 Å². The number of amides is 1. The Morgan fingerprint density at radius 3 is 3.05 bits per heavy atom. The van der Waals surface area contributed by atoms with Crippen LogP contribution in [0.3, 0.4) is 0 Å². The molecular weight excluding hydrogens is 261 g/mol. The molecule has 7 heteroatoms. The summed E-state index contributed by atoms with van der Waals surface area (Å²) in [6.07, 6.45) is 3.06. The number of aryl methyl sites for hydroxylation is 1. The third kappa shape index (κ3) is 2.51. The maximum absolute atomic E-state index is 13.1. The zero-order valence-corrected chi connectivity index (χ0v) is 10.7. The van der Waals surface area contributed by atoms with Gasteiger partial charge in [-0.05, 0) is 19.1 Å². The number of hydrogen-bond acceptors (Lipinski definition) is 3. The third-order valence-corrected chi connectivity index (χ3v) is 2.78. The molecule has 0 atom stereocenters. The van der Waals surface area contributed by atoms with Crippen molar-refractivity contribution in [2.75, 3.05) is 5.32 Å². The summed E-state index contributed by atoms with van der Waals surface area (Å²) in [5.41, 5.74) is 2.04. The number of nitrogens with one attached hydrogen (secondary N) is 2. The summed E-state index contributed by atoms with van der Waals surface area (Å²) in [6, 6.07) is 4.63. The average molecular weight is 273 g/mol. The van der Waals surface area contributed by atoms with E-state index in [-0.39, 0.29) is 18.1 Å². The number of fused-ring (bicyclic) bond motifs is 1. The molecule has 3 rings (SSSR count). The molecule has 0 aliphatic rings. The molecule has 0 saturated heterocycles. The summed E-state index contributed by atoms with van der Waals surface area (Å²) in [5, 5.41) is 9.32. The molecule has 0 aliphatic carbocycles. The highest BCUT2D eigenvalue weighted by Gasteiger charge is 2.09. The minimum Gasteiger partial charge on any atom is -0.309 e. The first-order chi connectivity index (χ1) is 9.60. The number of halogens is 1. The number of nitrogens with zero attached hydrogens (tertiary/aromatic N) is 3. The van der Waals surface area contributed by atoms with Crippen molar-refractivity contribution in [2.45, 2.75) is 13.3 Å². The molecule has 6 nitrogen and oxygen atoms in total. The van der Waals surface area contributed by atoms with Crippen molar-refractivity contribution in [3.63, 3.8) is 0 Å². The van der Waals surface area contributed by atoms with Crippen molar-refractivity contribution in [2.24, 2.45) is 0 Å². The first-order valence-corrected chi connectivity index (χ1v) is 6.05. The van der Waals surface area contributed by atoms with Crippen molar-refractivity contribution in [1.82, 2.24) is 19.6 Å². The predicted octanol–water partition coefficient (Wildman–Crippen LogP) is 1.69. The van der Waals surface area contributed by atoms with E-state index in [1.54, 1.807) is 22.7 Å². The van der Waals surface area contributed by atoms with E-state index >= 15 is 0 Å². The molecule has 2 N–H and O–H groups in total. The lowest BCUT2D eigenvalue weighted by molar-refractivity contribution is -0.115. The largest absolute Gasteiger partial charge is 0.309 e. The fourth-order valence-corrected chi connectivity index (χ4v) is 1.94. The van der Waals surface area contributed by atoms with E-state index in [1.807, 2.05) is 6.92 Å². The van der Waals surface area contributed by atoms with E-state index in [9.17, 15) is 9.18 Å². The fraction of sp³-hybridized carbons (Fsp3) is 0.154. The molecule has 0 spiro atoms. The Hall–Kier alpha value is -2.70. The number of carbonyl (C=O) groups is 1. The van der Waals surface area contributed by atoms with Crippen LogP contribution in [0.5, 0.6) is 0 Å². The van der Waals surface area contributed by atoms with Gasteiger partial charge in [0.1, 0.15) is 11.5 Å². The van der Waals surface area contributed by atoms with Gasteiger partial charge in [0.25, 0.3) is 0 Å². The summed E-state index contributed by atoms with van der Waals surface area (Å²) in [7, 11) is 0. The van der Waals surface area contributed by atoms with Gasteiger partial charge in [-0.2, -0.15) is 5.10 Å². The van der Waals surface area contributed by atoms with Gasteiger partial charge in [0.05, 0.1) is 12.1 Å². The van der Waals surface area contributed by atoms with Crippen LogP contribution < -0.4 is 5.32 Å². The lowest BCUT2D eigenvalue weighted by Crippen LogP contribution is -2.14. The molecule has 0 aliphatic heterocycles. The standard InChI is InChI=1S/C13H12FN5O/c1-8-4-11(18-17-8)16-13(20)5-10-7-19-6-9(14)2-3-12(19)15-10/h2-4,6-7H,5H2,1H3,(H2,16,17,18,20). The predicted molar refractivity (Wildman–Crippen MR) is 70.8 cm³/mol. The van der Waals surface area contributed by atoms with Gasteiger partial charge in [-0.15, -0.1) is 0 Å². The topological polar surface area (TPSA) is 75.1 Å². The van der Waals surface area contributed by atoms with Crippen LogP contribution in [0.15, 0.2) is 30.6 Å². The van der Waals surface area contributed by atoms with Crippen molar-refractivity contribution >= 4 is 17.4 Å². The Labute approximate surface area is 113 Å². The van der Waals surface area contributed by atoms with Gasteiger partial charge in [0, 0.05) is 24.2 Å². The number of pyridine rings is 1. The maximum Gasteiger partial charge on any atom is 0.231 e. The molecule has 0 saturated carbocycles. The zero-order chi connectivity index (χ0) is 14.1. The molecule has 1 amide bonds. The van der Waals surface area contributed by atoms with Gasteiger partial charge in [-0.25, -0.2) is 9.37 Å². The first-order valence-electron chi connectivity index (χ1n) is 6.05. The molecule has 0 unspecified atom stereocenters. The fourth-order valence-electron chi connectivity index (χ4n) is 1.94. The Kier molecular flexibility index (Phi) is 2.94. The lowest BCUT2D eigenvalue weighted by atomic mass is 10.3. The maximum atomic E-state index is 13.1. The van der Waals surface area contributed by atoms with Crippen LogP contribution in [0.25, 0.3) is 5.65 Å². The molecule has 0 radical (unpaired) electrons. The van der Waals surface area contributed by atoms with Crippen LogP contribution in [0.4, 0.5) is 10.2 Å². The van der Waals surface area contributed by atoms with Crippen molar-refractivity contribution in [3.8, 4) is 0 Å². The van der Waals surface area contributed by atoms with Crippen LogP contribution in [-0.2, 0) is 11.2 Å². The van der Waals surface area contributed by atoms with E-state index < -0.39 is 0 Å². The van der Waals surface area contributed by atoms with Crippen LogP contribution >= 0.6 is 0 Å². The molecule has 20 heavy (non-hydrogen) atoms. The van der Waals surface area contributed by atoms with Gasteiger partial charge in [-0.1, -0.05) is 0 Å². The second kappa shape index (κ2) is 4.76.